The highest BCUT2D eigenvalue weighted by atomic mass is 35.5. The first-order valence-electron chi connectivity index (χ1n) is 4.26. The molecular weight excluding hydrogens is 211 g/mol. The largest absolute Gasteiger partial charge is 0.345 e. The van der Waals surface area contributed by atoms with Gasteiger partial charge in [-0.1, -0.05) is 22.9 Å². The van der Waals surface area contributed by atoms with Crippen LogP contribution in [0, 0.1) is 0 Å². The number of thiazole rings is 1. The Balaban J connectivity index is 2.08. The van der Waals surface area contributed by atoms with E-state index in [9.17, 15) is 4.39 Å². The number of piperidine rings is 1. The van der Waals surface area contributed by atoms with E-state index in [4.69, 9.17) is 11.6 Å². The van der Waals surface area contributed by atoms with Crippen LogP contribution in [-0.2, 0) is 0 Å². The quantitative estimate of drug-likeness (QED) is 0.724. The van der Waals surface area contributed by atoms with Crippen molar-refractivity contribution < 1.29 is 4.39 Å². The van der Waals surface area contributed by atoms with E-state index in [1.54, 1.807) is 6.20 Å². The second kappa shape index (κ2) is 3.80. The van der Waals surface area contributed by atoms with Crippen molar-refractivity contribution in [3.8, 4) is 0 Å². The van der Waals surface area contributed by atoms with Gasteiger partial charge in [-0.15, -0.1) is 0 Å². The fourth-order valence-corrected chi connectivity index (χ4v) is 2.43. The molecule has 0 saturated carbocycles. The lowest BCUT2D eigenvalue weighted by molar-refractivity contribution is 0.286. The molecule has 0 spiro atoms. The van der Waals surface area contributed by atoms with E-state index < -0.39 is 6.17 Å². The summed E-state index contributed by atoms with van der Waals surface area (Å²) >= 11 is 7.16. The van der Waals surface area contributed by atoms with Crippen molar-refractivity contribution in [1.29, 1.82) is 0 Å². The minimum Gasteiger partial charge on any atom is -0.345 e. The number of nitrogens with zero attached hydrogens (tertiary/aromatic N) is 2. The number of halogens is 2. The minimum atomic E-state index is -0.712. The molecule has 1 fully saturated rings. The Morgan fingerprint density at radius 1 is 1.69 bits per heavy atom. The Hall–Kier alpha value is -0.350. The minimum absolute atomic E-state index is 0.462. The van der Waals surface area contributed by atoms with Crippen LogP contribution >= 0.6 is 22.9 Å². The van der Waals surface area contributed by atoms with Crippen molar-refractivity contribution in [2.45, 2.75) is 19.0 Å². The van der Waals surface area contributed by atoms with Crippen LogP contribution in [0.1, 0.15) is 12.8 Å². The molecule has 1 atom stereocenters. The summed E-state index contributed by atoms with van der Waals surface area (Å²) in [5, 5.41) is 0.840. The molecule has 1 aliphatic rings. The van der Waals surface area contributed by atoms with Gasteiger partial charge in [0.2, 0.25) is 0 Å². The van der Waals surface area contributed by atoms with E-state index in [2.05, 4.69) is 4.98 Å². The molecule has 5 heteroatoms. The molecular formula is C8H10ClFN2S. The number of rotatable bonds is 1. The summed E-state index contributed by atoms with van der Waals surface area (Å²) in [6.07, 6.45) is 2.48. The molecule has 0 aliphatic carbocycles. The molecule has 1 aliphatic heterocycles. The average molecular weight is 221 g/mol. The summed E-state index contributed by atoms with van der Waals surface area (Å²) in [7, 11) is 0. The first-order valence-corrected chi connectivity index (χ1v) is 5.45. The van der Waals surface area contributed by atoms with Crippen LogP contribution in [0.25, 0.3) is 0 Å². The lowest BCUT2D eigenvalue weighted by Gasteiger charge is -2.28. The highest BCUT2D eigenvalue weighted by Crippen LogP contribution is 2.28. The van der Waals surface area contributed by atoms with E-state index in [-0.39, 0.29) is 0 Å². The Bertz CT molecular complexity index is 291. The number of hydrogen-bond acceptors (Lipinski definition) is 3. The van der Waals surface area contributed by atoms with Crippen molar-refractivity contribution in [2.24, 2.45) is 0 Å². The zero-order valence-electron chi connectivity index (χ0n) is 7.04. The number of aromatic nitrogens is 1. The van der Waals surface area contributed by atoms with Crippen LogP contribution in [0.5, 0.6) is 0 Å². The summed E-state index contributed by atoms with van der Waals surface area (Å²) in [4.78, 5) is 6.08. The standard InChI is InChI=1S/C8H10ClFN2S/c9-7-4-11-8(13-7)12-3-1-2-6(10)5-12/h4,6H,1-3,5H2. The van der Waals surface area contributed by atoms with Gasteiger partial charge in [0.1, 0.15) is 10.5 Å². The third-order valence-electron chi connectivity index (χ3n) is 2.10. The van der Waals surface area contributed by atoms with Gasteiger partial charge in [-0.3, -0.25) is 0 Å². The third kappa shape index (κ3) is 2.11. The van der Waals surface area contributed by atoms with Gasteiger partial charge in [-0.05, 0) is 12.8 Å². The molecule has 1 aromatic rings. The monoisotopic (exact) mass is 220 g/mol. The first kappa shape index (κ1) is 9.21. The van der Waals surface area contributed by atoms with Crippen molar-refractivity contribution in [2.75, 3.05) is 18.0 Å². The Labute approximate surface area is 85.3 Å². The Kier molecular flexibility index (Phi) is 2.69. The lowest BCUT2D eigenvalue weighted by atomic mass is 10.1. The highest BCUT2D eigenvalue weighted by Gasteiger charge is 2.21. The van der Waals surface area contributed by atoms with E-state index in [0.29, 0.717) is 17.3 Å². The number of alkyl halides is 1. The zero-order chi connectivity index (χ0) is 9.26. The van der Waals surface area contributed by atoms with E-state index in [0.717, 1.165) is 18.1 Å². The molecule has 13 heavy (non-hydrogen) atoms. The summed E-state index contributed by atoms with van der Waals surface area (Å²) in [6, 6.07) is 0. The molecule has 0 N–H and O–H groups in total. The molecule has 1 aromatic heterocycles. The maximum atomic E-state index is 13.0. The molecule has 2 heterocycles. The molecule has 72 valence electrons. The van der Waals surface area contributed by atoms with Crippen LogP contribution in [-0.4, -0.2) is 24.2 Å². The van der Waals surface area contributed by atoms with Crippen LogP contribution in [0.2, 0.25) is 4.34 Å². The predicted octanol–water partition coefficient (Wildman–Crippen LogP) is 2.73. The second-order valence-electron chi connectivity index (χ2n) is 3.13. The molecule has 1 unspecified atom stereocenters. The summed E-state index contributed by atoms with van der Waals surface area (Å²) in [5.74, 6) is 0. The maximum Gasteiger partial charge on any atom is 0.186 e. The SMILES string of the molecule is FC1CCCN(c2ncc(Cl)s2)C1. The zero-order valence-corrected chi connectivity index (χ0v) is 8.61. The molecule has 2 nitrogen and oxygen atoms in total. The van der Waals surface area contributed by atoms with Crippen LogP contribution < -0.4 is 4.90 Å². The van der Waals surface area contributed by atoms with Crippen LogP contribution in [0.3, 0.4) is 0 Å². The maximum absolute atomic E-state index is 13.0. The molecule has 0 aromatic carbocycles. The fraction of sp³-hybridized carbons (Fsp3) is 0.625. The van der Waals surface area contributed by atoms with E-state index in [1.165, 1.54) is 11.3 Å². The van der Waals surface area contributed by atoms with Crippen LogP contribution in [0.15, 0.2) is 6.20 Å². The highest BCUT2D eigenvalue weighted by molar-refractivity contribution is 7.19. The molecule has 0 amide bonds. The number of hydrogen-bond donors (Lipinski definition) is 0. The van der Waals surface area contributed by atoms with Crippen molar-refractivity contribution in [1.82, 2.24) is 4.98 Å². The average Bonchev–Trinajstić information content (AvgIpc) is 2.52. The van der Waals surface area contributed by atoms with Gasteiger partial charge >= 0.3 is 0 Å². The second-order valence-corrected chi connectivity index (χ2v) is 4.77. The predicted molar refractivity (Wildman–Crippen MR) is 53.5 cm³/mol. The summed E-state index contributed by atoms with van der Waals surface area (Å²) < 4.78 is 13.7. The molecule has 2 rings (SSSR count). The Morgan fingerprint density at radius 3 is 3.15 bits per heavy atom. The topological polar surface area (TPSA) is 16.1 Å². The third-order valence-corrected chi connectivity index (χ3v) is 3.28. The van der Waals surface area contributed by atoms with Crippen molar-refractivity contribution in [3.05, 3.63) is 10.5 Å². The van der Waals surface area contributed by atoms with Gasteiger partial charge < -0.3 is 4.90 Å². The molecule has 0 radical (unpaired) electrons. The first-order chi connectivity index (χ1) is 6.25. The fourth-order valence-electron chi connectivity index (χ4n) is 1.49. The van der Waals surface area contributed by atoms with E-state index >= 15 is 0 Å². The molecule has 0 bridgehead atoms. The van der Waals surface area contributed by atoms with Crippen molar-refractivity contribution >= 4 is 28.1 Å². The van der Waals surface area contributed by atoms with Gasteiger partial charge in [-0.2, -0.15) is 0 Å². The summed E-state index contributed by atoms with van der Waals surface area (Å²) in [6.45, 7) is 1.36. The summed E-state index contributed by atoms with van der Waals surface area (Å²) in [5.41, 5.74) is 0. The van der Waals surface area contributed by atoms with E-state index in [1.807, 2.05) is 4.90 Å². The lowest BCUT2D eigenvalue weighted by Crippen LogP contribution is -2.36. The van der Waals surface area contributed by atoms with Gasteiger partial charge in [0.05, 0.1) is 12.7 Å². The van der Waals surface area contributed by atoms with Gasteiger partial charge in [0, 0.05) is 6.54 Å². The van der Waals surface area contributed by atoms with Gasteiger partial charge in [0.15, 0.2) is 5.13 Å². The molecule has 1 saturated heterocycles. The number of anilines is 1. The Morgan fingerprint density at radius 2 is 2.54 bits per heavy atom. The normalized spacial score (nSPS) is 23.5. The smallest absolute Gasteiger partial charge is 0.186 e. The van der Waals surface area contributed by atoms with Crippen molar-refractivity contribution in [3.63, 3.8) is 0 Å². The van der Waals surface area contributed by atoms with Gasteiger partial charge in [0.25, 0.3) is 0 Å². The van der Waals surface area contributed by atoms with Gasteiger partial charge in [-0.25, -0.2) is 9.37 Å². The van der Waals surface area contributed by atoms with Crippen LogP contribution in [0.4, 0.5) is 9.52 Å².